The molecule has 0 unspecified atom stereocenters. The minimum Gasteiger partial charge on any atom is -0.464 e. The van der Waals surface area contributed by atoms with Crippen LogP contribution in [0, 0.1) is 6.92 Å². The van der Waals surface area contributed by atoms with Gasteiger partial charge in [-0.15, -0.1) is 0 Å². The van der Waals surface area contributed by atoms with Gasteiger partial charge in [-0.3, -0.25) is 4.57 Å². The third-order valence-electron chi connectivity index (χ3n) is 4.98. The molecule has 0 radical (unpaired) electrons. The van der Waals surface area contributed by atoms with E-state index >= 15 is 0 Å². The van der Waals surface area contributed by atoms with E-state index in [0.717, 1.165) is 48.8 Å². The summed E-state index contributed by atoms with van der Waals surface area (Å²) in [5, 5.41) is 3.35. The van der Waals surface area contributed by atoms with Gasteiger partial charge in [0.25, 0.3) is 0 Å². The van der Waals surface area contributed by atoms with Crippen molar-refractivity contribution in [3.8, 4) is 17.1 Å². The highest BCUT2D eigenvalue weighted by molar-refractivity contribution is 5.95. The number of carbonyl (C=O) groups is 1. The highest BCUT2D eigenvalue weighted by atomic mass is 16.5. The fourth-order valence-electron chi connectivity index (χ4n) is 3.51. The Bertz CT molecular complexity index is 958. The van der Waals surface area contributed by atoms with E-state index in [1.165, 1.54) is 7.11 Å². The Labute approximate surface area is 164 Å². The van der Waals surface area contributed by atoms with Gasteiger partial charge in [0, 0.05) is 37.4 Å². The lowest BCUT2D eigenvalue weighted by Crippen LogP contribution is -2.44. The van der Waals surface area contributed by atoms with E-state index < -0.39 is 0 Å². The Balaban J connectivity index is 1.97. The average molecular weight is 376 g/mol. The lowest BCUT2D eigenvalue weighted by molar-refractivity contribution is 0.0592. The number of methoxy groups -OCH3 is 1. The maximum absolute atomic E-state index is 12.9. The lowest BCUT2D eigenvalue weighted by Gasteiger charge is -2.28. The molecule has 6 nitrogen and oxygen atoms in total. The van der Waals surface area contributed by atoms with Gasteiger partial charge in [-0.1, -0.05) is 48.0 Å². The van der Waals surface area contributed by atoms with Gasteiger partial charge in [0.2, 0.25) is 0 Å². The fourth-order valence-corrected chi connectivity index (χ4v) is 3.51. The Hall–Kier alpha value is -3.12. The third kappa shape index (κ3) is 3.39. The monoisotopic (exact) mass is 376 g/mol. The number of esters is 1. The Morgan fingerprint density at radius 1 is 1.04 bits per heavy atom. The Morgan fingerprint density at radius 3 is 2.36 bits per heavy atom. The molecule has 4 rings (SSSR count). The number of anilines is 1. The first-order chi connectivity index (χ1) is 13.7. The summed E-state index contributed by atoms with van der Waals surface area (Å²) in [6, 6.07) is 18.0. The molecule has 3 aromatic rings. The number of carbonyl (C=O) groups excluding carboxylic acids is 1. The predicted molar refractivity (Wildman–Crippen MR) is 110 cm³/mol. The molecule has 144 valence electrons. The molecule has 1 aliphatic rings. The van der Waals surface area contributed by atoms with Gasteiger partial charge in [0.15, 0.2) is 11.5 Å². The molecule has 0 aliphatic carbocycles. The summed E-state index contributed by atoms with van der Waals surface area (Å²) in [4.78, 5) is 19.9. The molecular weight excluding hydrogens is 352 g/mol. The second kappa shape index (κ2) is 7.86. The fraction of sp³-hybridized carbons (Fsp3) is 0.273. The van der Waals surface area contributed by atoms with E-state index in [4.69, 9.17) is 9.72 Å². The van der Waals surface area contributed by atoms with E-state index in [1.54, 1.807) is 0 Å². The van der Waals surface area contributed by atoms with Gasteiger partial charge >= 0.3 is 5.97 Å². The maximum atomic E-state index is 12.9. The zero-order chi connectivity index (χ0) is 19.5. The van der Waals surface area contributed by atoms with Crippen LogP contribution in [0.2, 0.25) is 0 Å². The molecule has 2 aromatic carbocycles. The molecule has 1 N–H and O–H groups in total. The smallest absolute Gasteiger partial charge is 0.358 e. The molecule has 0 atom stereocenters. The van der Waals surface area contributed by atoms with Crippen molar-refractivity contribution in [2.75, 3.05) is 38.2 Å². The van der Waals surface area contributed by atoms with Crippen LogP contribution >= 0.6 is 0 Å². The van der Waals surface area contributed by atoms with Gasteiger partial charge in [0.1, 0.15) is 5.82 Å². The minimum atomic E-state index is -0.385. The summed E-state index contributed by atoms with van der Waals surface area (Å²) < 4.78 is 7.08. The first-order valence-corrected chi connectivity index (χ1v) is 9.48. The van der Waals surface area contributed by atoms with Crippen LogP contribution in [-0.2, 0) is 4.74 Å². The van der Waals surface area contributed by atoms with Crippen LogP contribution in [0.25, 0.3) is 17.1 Å². The molecule has 2 heterocycles. The number of nitrogens with zero attached hydrogens (tertiary/aromatic N) is 3. The molecule has 1 saturated heterocycles. The number of benzene rings is 2. The second-order valence-electron chi connectivity index (χ2n) is 6.87. The quantitative estimate of drug-likeness (QED) is 0.709. The number of aryl methyl sites for hydroxylation is 1. The maximum Gasteiger partial charge on any atom is 0.358 e. The van der Waals surface area contributed by atoms with E-state index in [-0.39, 0.29) is 5.97 Å². The van der Waals surface area contributed by atoms with Crippen LogP contribution in [0.1, 0.15) is 16.1 Å². The summed E-state index contributed by atoms with van der Waals surface area (Å²) in [5.74, 6) is 1.02. The van der Waals surface area contributed by atoms with Gasteiger partial charge in [-0.05, 0) is 19.1 Å². The molecule has 1 aromatic heterocycles. The molecular formula is C22H24N4O2. The van der Waals surface area contributed by atoms with Crippen LogP contribution in [0.15, 0.2) is 54.6 Å². The van der Waals surface area contributed by atoms with E-state index in [9.17, 15) is 4.79 Å². The van der Waals surface area contributed by atoms with Crippen molar-refractivity contribution in [1.29, 1.82) is 0 Å². The number of aromatic nitrogens is 2. The average Bonchev–Trinajstić information content (AvgIpc) is 3.15. The summed E-state index contributed by atoms with van der Waals surface area (Å²) in [6.07, 6.45) is 0. The summed E-state index contributed by atoms with van der Waals surface area (Å²) >= 11 is 0. The van der Waals surface area contributed by atoms with Crippen LogP contribution in [0.5, 0.6) is 0 Å². The van der Waals surface area contributed by atoms with E-state index in [2.05, 4.69) is 10.2 Å². The molecule has 1 fully saturated rings. The molecule has 0 spiro atoms. The van der Waals surface area contributed by atoms with Crippen LogP contribution in [0.4, 0.5) is 5.82 Å². The molecule has 0 amide bonds. The number of ether oxygens (including phenoxy) is 1. The second-order valence-corrected chi connectivity index (χ2v) is 6.87. The van der Waals surface area contributed by atoms with Crippen molar-refractivity contribution in [3.63, 3.8) is 0 Å². The topological polar surface area (TPSA) is 59.4 Å². The normalized spacial score (nSPS) is 14.1. The van der Waals surface area contributed by atoms with Crippen molar-refractivity contribution in [3.05, 3.63) is 65.9 Å². The van der Waals surface area contributed by atoms with Crippen molar-refractivity contribution in [1.82, 2.24) is 14.9 Å². The highest BCUT2D eigenvalue weighted by Crippen LogP contribution is 2.32. The number of piperazine rings is 1. The summed E-state index contributed by atoms with van der Waals surface area (Å²) in [5.41, 5.74) is 3.47. The van der Waals surface area contributed by atoms with Crippen molar-refractivity contribution < 1.29 is 9.53 Å². The van der Waals surface area contributed by atoms with Gasteiger partial charge < -0.3 is 15.0 Å². The predicted octanol–water partition coefficient (Wildman–Crippen LogP) is 3.04. The largest absolute Gasteiger partial charge is 0.464 e. The number of imidazole rings is 1. The first-order valence-electron chi connectivity index (χ1n) is 9.48. The zero-order valence-electron chi connectivity index (χ0n) is 16.2. The van der Waals surface area contributed by atoms with Crippen LogP contribution < -0.4 is 10.2 Å². The standard InChI is InChI=1S/C22H24N4O2/c1-16-8-10-18(11-9-16)26-19(22(27)28-2)21(25-14-12-23-13-15-25)24-20(26)17-6-4-3-5-7-17/h3-11,23H,12-15H2,1-2H3. The van der Waals surface area contributed by atoms with Crippen molar-refractivity contribution in [2.24, 2.45) is 0 Å². The van der Waals surface area contributed by atoms with Crippen molar-refractivity contribution in [2.45, 2.75) is 6.92 Å². The molecule has 0 saturated carbocycles. The first kappa shape index (κ1) is 18.3. The molecule has 28 heavy (non-hydrogen) atoms. The van der Waals surface area contributed by atoms with Gasteiger partial charge in [-0.25, -0.2) is 9.78 Å². The van der Waals surface area contributed by atoms with Crippen LogP contribution in [-0.4, -0.2) is 48.8 Å². The summed E-state index contributed by atoms with van der Waals surface area (Å²) in [7, 11) is 1.42. The minimum absolute atomic E-state index is 0.385. The van der Waals surface area contributed by atoms with Crippen LogP contribution in [0.3, 0.4) is 0 Å². The highest BCUT2D eigenvalue weighted by Gasteiger charge is 2.29. The van der Waals surface area contributed by atoms with E-state index in [1.807, 2.05) is 66.1 Å². The Morgan fingerprint density at radius 2 is 1.71 bits per heavy atom. The SMILES string of the molecule is COC(=O)c1c(N2CCNCC2)nc(-c2ccccc2)n1-c1ccc(C)cc1. The van der Waals surface area contributed by atoms with E-state index in [0.29, 0.717) is 11.5 Å². The number of hydrogen-bond acceptors (Lipinski definition) is 5. The van der Waals surface area contributed by atoms with Gasteiger partial charge in [0.05, 0.1) is 7.11 Å². The number of nitrogens with one attached hydrogen (secondary N) is 1. The zero-order valence-corrected chi connectivity index (χ0v) is 16.2. The molecule has 6 heteroatoms. The lowest BCUT2D eigenvalue weighted by atomic mass is 10.2. The third-order valence-corrected chi connectivity index (χ3v) is 4.98. The molecule has 1 aliphatic heterocycles. The number of hydrogen-bond donors (Lipinski definition) is 1. The van der Waals surface area contributed by atoms with Crippen molar-refractivity contribution >= 4 is 11.8 Å². The number of rotatable bonds is 4. The van der Waals surface area contributed by atoms with Gasteiger partial charge in [-0.2, -0.15) is 0 Å². The summed E-state index contributed by atoms with van der Waals surface area (Å²) in [6.45, 7) is 5.35. The molecule has 0 bridgehead atoms. The Kier molecular flexibility index (Phi) is 5.12.